The molecule has 0 atom stereocenters. The summed E-state index contributed by atoms with van der Waals surface area (Å²) in [5.41, 5.74) is 8.73. The van der Waals surface area contributed by atoms with Crippen LogP contribution < -0.4 is 5.73 Å². The zero-order valence-electron chi connectivity index (χ0n) is 11.4. The molecular weight excluding hydrogens is 306 g/mol. The fourth-order valence-corrected chi connectivity index (χ4v) is 2.66. The van der Waals surface area contributed by atoms with Crippen molar-refractivity contribution < 1.29 is 0 Å². The first-order valence-electron chi connectivity index (χ1n) is 6.42. The summed E-state index contributed by atoms with van der Waals surface area (Å²) in [7, 11) is 0. The predicted molar refractivity (Wildman–Crippen MR) is 79.7 cm³/mol. The summed E-state index contributed by atoms with van der Waals surface area (Å²) in [5, 5.41) is 12.1. The molecule has 102 valence electrons. The number of aromatic nitrogens is 4. The Hall–Kier alpha value is -1.43. The Labute approximate surface area is 121 Å². The van der Waals surface area contributed by atoms with Gasteiger partial charge in [-0.05, 0) is 47.9 Å². The molecule has 0 radical (unpaired) electrons. The number of rotatable bonds is 4. The standard InChI is InChI=1S/C13H18BrN5/c1-4-10(5-2)19-13(16-17-18-19)11-6-9(14)7-12(15)8(11)3/h6-7,10H,4-5,15H2,1-3H3. The number of hydrogen-bond acceptors (Lipinski definition) is 4. The third-order valence-electron chi connectivity index (χ3n) is 3.43. The molecule has 0 amide bonds. The number of tetrazole rings is 1. The lowest BCUT2D eigenvalue weighted by atomic mass is 10.1. The average Bonchev–Trinajstić information content (AvgIpc) is 2.84. The lowest BCUT2D eigenvalue weighted by Gasteiger charge is -2.16. The van der Waals surface area contributed by atoms with Crippen molar-refractivity contribution >= 4 is 21.6 Å². The molecule has 0 fully saturated rings. The van der Waals surface area contributed by atoms with E-state index in [-0.39, 0.29) is 0 Å². The second-order valence-corrected chi connectivity index (χ2v) is 5.50. The number of nitrogens with zero attached hydrogens (tertiary/aromatic N) is 4. The van der Waals surface area contributed by atoms with Crippen molar-refractivity contribution in [2.75, 3.05) is 5.73 Å². The lowest BCUT2D eigenvalue weighted by molar-refractivity contribution is 0.422. The molecular formula is C13H18BrN5. The molecule has 6 heteroatoms. The summed E-state index contributed by atoms with van der Waals surface area (Å²) < 4.78 is 2.83. The molecule has 1 aromatic carbocycles. The van der Waals surface area contributed by atoms with Crippen molar-refractivity contribution in [2.45, 2.75) is 39.7 Å². The van der Waals surface area contributed by atoms with Gasteiger partial charge in [-0.3, -0.25) is 0 Å². The van der Waals surface area contributed by atoms with E-state index in [1.165, 1.54) is 0 Å². The molecule has 0 bridgehead atoms. The summed E-state index contributed by atoms with van der Waals surface area (Å²) in [6.07, 6.45) is 1.99. The first kappa shape index (κ1) is 14.0. The highest BCUT2D eigenvalue weighted by atomic mass is 79.9. The van der Waals surface area contributed by atoms with Crippen LogP contribution in [0.1, 0.15) is 38.3 Å². The van der Waals surface area contributed by atoms with E-state index in [1.807, 2.05) is 23.7 Å². The van der Waals surface area contributed by atoms with Gasteiger partial charge in [0, 0.05) is 15.7 Å². The van der Waals surface area contributed by atoms with Crippen LogP contribution in [0.3, 0.4) is 0 Å². The van der Waals surface area contributed by atoms with Crippen LogP contribution in [-0.4, -0.2) is 20.2 Å². The molecule has 0 aliphatic carbocycles. The summed E-state index contributed by atoms with van der Waals surface area (Å²) in [4.78, 5) is 0. The Morgan fingerprint density at radius 2 is 2.00 bits per heavy atom. The van der Waals surface area contributed by atoms with Gasteiger partial charge in [-0.2, -0.15) is 0 Å². The minimum Gasteiger partial charge on any atom is -0.398 e. The molecule has 1 heterocycles. The smallest absolute Gasteiger partial charge is 0.182 e. The predicted octanol–water partition coefficient (Wildman–Crippen LogP) is 3.35. The number of benzene rings is 1. The van der Waals surface area contributed by atoms with E-state index in [4.69, 9.17) is 5.73 Å². The molecule has 1 aromatic heterocycles. The van der Waals surface area contributed by atoms with E-state index >= 15 is 0 Å². The third kappa shape index (κ3) is 2.63. The number of nitrogen functional groups attached to an aromatic ring is 1. The van der Waals surface area contributed by atoms with Crippen molar-refractivity contribution in [1.82, 2.24) is 20.2 Å². The quantitative estimate of drug-likeness (QED) is 0.876. The molecule has 0 spiro atoms. The molecule has 2 aromatic rings. The number of hydrogen-bond donors (Lipinski definition) is 1. The highest BCUT2D eigenvalue weighted by Crippen LogP contribution is 2.31. The maximum Gasteiger partial charge on any atom is 0.182 e. The van der Waals surface area contributed by atoms with Gasteiger partial charge in [-0.1, -0.05) is 29.8 Å². The van der Waals surface area contributed by atoms with Gasteiger partial charge in [-0.15, -0.1) is 5.10 Å². The van der Waals surface area contributed by atoms with E-state index < -0.39 is 0 Å². The number of nitrogens with two attached hydrogens (primary N) is 1. The van der Waals surface area contributed by atoms with Gasteiger partial charge in [0.15, 0.2) is 5.82 Å². The van der Waals surface area contributed by atoms with E-state index in [0.29, 0.717) is 6.04 Å². The second kappa shape index (κ2) is 5.69. The maximum absolute atomic E-state index is 6.01. The maximum atomic E-state index is 6.01. The van der Waals surface area contributed by atoms with Gasteiger partial charge in [0.05, 0.1) is 6.04 Å². The topological polar surface area (TPSA) is 69.6 Å². The Balaban J connectivity index is 2.57. The molecule has 19 heavy (non-hydrogen) atoms. The lowest BCUT2D eigenvalue weighted by Crippen LogP contribution is -2.11. The van der Waals surface area contributed by atoms with Crippen LogP contribution >= 0.6 is 15.9 Å². The molecule has 0 saturated carbocycles. The third-order valence-corrected chi connectivity index (χ3v) is 3.89. The Morgan fingerprint density at radius 1 is 1.32 bits per heavy atom. The summed E-state index contributed by atoms with van der Waals surface area (Å²) in [6, 6.07) is 4.21. The van der Waals surface area contributed by atoms with E-state index in [0.717, 1.165) is 40.0 Å². The van der Waals surface area contributed by atoms with Gasteiger partial charge < -0.3 is 5.73 Å². The monoisotopic (exact) mass is 323 g/mol. The van der Waals surface area contributed by atoms with Crippen LogP contribution in [0, 0.1) is 6.92 Å². The van der Waals surface area contributed by atoms with Crippen molar-refractivity contribution in [2.24, 2.45) is 0 Å². The Kier molecular flexibility index (Phi) is 4.19. The highest BCUT2D eigenvalue weighted by molar-refractivity contribution is 9.10. The van der Waals surface area contributed by atoms with Gasteiger partial charge in [0.2, 0.25) is 0 Å². The fraction of sp³-hybridized carbons (Fsp3) is 0.462. The first-order chi connectivity index (χ1) is 9.08. The summed E-state index contributed by atoms with van der Waals surface area (Å²) >= 11 is 3.47. The molecule has 0 unspecified atom stereocenters. The second-order valence-electron chi connectivity index (χ2n) is 4.58. The minimum atomic E-state index is 0.310. The van der Waals surface area contributed by atoms with E-state index in [9.17, 15) is 0 Å². The van der Waals surface area contributed by atoms with Crippen molar-refractivity contribution in [3.8, 4) is 11.4 Å². The number of halogens is 1. The zero-order chi connectivity index (χ0) is 14.0. The normalized spacial score (nSPS) is 11.2. The SMILES string of the molecule is CCC(CC)n1nnnc1-c1cc(Br)cc(N)c1C. The number of anilines is 1. The zero-order valence-corrected chi connectivity index (χ0v) is 13.0. The van der Waals surface area contributed by atoms with Crippen LogP contribution in [0.5, 0.6) is 0 Å². The Bertz CT molecular complexity index is 574. The van der Waals surface area contributed by atoms with Crippen LogP contribution in [0.25, 0.3) is 11.4 Å². The van der Waals surface area contributed by atoms with Crippen LogP contribution in [-0.2, 0) is 0 Å². The molecule has 5 nitrogen and oxygen atoms in total. The van der Waals surface area contributed by atoms with Crippen LogP contribution in [0.2, 0.25) is 0 Å². The highest BCUT2D eigenvalue weighted by Gasteiger charge is 2.18. The fourth-order valence-electron chi connectivity index (χ4n) is 2.18. The molecule has 0 aliphatic heterocycles. The molecule has 2 rings (SSSR count). The molecule has 2 N–H and O–H groups in total. The van der Waals surface area contributed by atoms with Gasteiger partial charge in [0.1, 0.15) is 0 Å². The summed E-state index contributed by atoms with van der Waals surface area (Å²) in [6.45, 7) is 6.27. The van der Waals surface area contributed by atoms with Crippen LogP contribution in [0.4, 0.5) is 5.69 Å². The van der Waals surface area contributed by atoms with Gasteiger partial charge in [-0.25, -0.2) is 4.68 Å². The van der Waals surface area contributed by atoms with Crippen molar-refractivity contribution in [3.63, 3.8) is 0 Å². The minimum absolute atomic E-state index is 0.310. The Morgan fingerprint density at radius 3 is 2.63 bits per heavy atom. The van der Waals surface area contributed by atoms with Crippen molar-refractivity contribution in [1.29, 1.82) is 0 Å². The molecule has 0 saturated heterocycles. The van der Waals surface area contributed by atoms with Crippen molar-refractivity contribution in [3.05, 3.63) is 22.2 Å². The molecule has 0 aliphatic rings. The van der Waals surface area contributed by atoms with E-state index in [2.05, 4.69) is 45.3 Å². The summed E-state index contributed by atoms with van der Waals surface area (Å²) in [5.74, 6) is 0.777. The largest absolute Gasteiger partial charge is 0.398 e. The van der Waals surface area contributed by atoms with Gasteiger partial charge in [0.25, 0.3) is 0 Å². The first-order valence-corrected chi connectivity index (χ1v) is 7.21. The van der Waals surface area contributed by atoms with Crippen LogP contribution in [0.15, 0.2) is 16.6 Å². The van der Waals surface area contributed by atoms with Gasteiger partial charge >= 0.3 is 0 Å². The average molecular weight is 324 g/mol. The van der Waals surface area contributed by atoms with E-state index in [1.54, 1.807) is 0 Å².